The number of hydrogen-bond acceptors (Lipinski definition) is 4. The van der Waals surface area contributed by atoms with Crippen molar-refractivity contribution in [3.05, 3.63) is 50.7 Å². The Labute approximate surface area is 136 Å². The summed E-state index contributed by atoms with van der Waals surface area (Å²) >= 11 is 3.25. The minimum atomic E-state index is -0.385. The van der Waals surface area contributed by atoms with E-state index in [0.717, 1.165) is 5.69 Å². The smallest absolute Gasteiger partial charge is 0.293 e. The van der Waals surface area contributed by atoms with Gasteiger partial charge >= 0.3 is 0 Å². The highest BCUT2D eigenvalue weighted by molar-refractivity contribution is 9.10. The molecule has 1 aliphatic rings. The first-order valence-electron chi connectivity index (χ1n) is 7.35. The van der Waals surface area contributed by atoms with Crippen molar-refractivity contribution < 1.29 is 4.92 Å². The number of aromatic nitrogens is 2. The number of rotatable bonds is 5. The molecule has 22 heavy (non-hydrogen) atoms. The Morgan fingerprint density at radius 3 is 2.86 bits per heavy atom. The molecular formula is C15H17BrN4O2. The highest BCUT2D eigenvalue weighted by Crippen LogP contribution is 2.30. The molecule has 0 aliphatic heterocycles. The molecule has 0 atom stereocenters. The first-order valence-corrected chi connectivity index (χ1v) is 8.14. The first-order chi connectivity index (χ1) is 10.6. The van der Waals surface area contributed by atoms with Crippen molar-refractivity contribution in [2.24, 2.45) is 0 Å². The summed E-state index contributed by atoms with van der Waals surface area (Å²) in [7, 11) is 0. The van der Waals surface area contributed by atoms with Crippen molar-refractivity contribution in [1.82, 2.24) is 9.78 Å². The Balaban J connectivity index is 1.69. The maximum Gasteiger partial charge on any atom is 0.293 e. The molecule has 0 amide bonds. The van der Waals surface area contributed by atoms with Crippen LogP contribution in [0.5, 0.6) is 0 Å². The van der Waals surface area contributed by atoms with Gasteiger partial charge in [0.15, 0.2) is 0 Å². The zero-order valence-electron chi connectivity index (χ0n) is 12.0. The number of nitrogens with one attached hydrogen (secondary N) is 1. The summed E-state index contributed by atoms with van der Waals surface area (Å²) in [5.74, 6) is 0. The van der Waals surface area contributed by atoms with Crippen LogP contribution >= 0.6 is 15.9 Å². The lowest BCUT2D eigenvalue weighted by Crippen LogP contribution is -2.07. The summed E-state index contributed by atoms with van der Waals surface area (Å²) in [5, 5.41) is 18.8. The Hall–Kier alpha value is -1.89. The van der Waals surface area contributed by atoms with Gasteiger partial charge in [-0.25, -0.2) is 0 Å². The van der Waals surface area contributed by atoms with Gasteiger partial charge in [0.25, 0.3) is 5.69 Å². The van der Waals surface area contributed by atoms with Crippen molar-refractivity contribution >= 4 is 27.3 Å². The molecule has 1 aromatic heterocycles. The Morgan fingerprint density at radius 2 is 2.14 bits per heavy atom. The third-order valence-corrected chi connectivity index (χ3v) is 4.47. The second kappa shape index (κ2) is 6.48. The maximum atomic E-state index is 11.1. The normalized spacial score (nSPS) is 15.1. The van der Waals surface area contributed by atoms with Gasteiger partial charge in [0, 0.05) is 16.7 Å². The van der Waals surface area contributed by atoms with Gasteiger partial charge in [-0.2, -0.15) is 5.10 Å². The van der Waals surface area contributed by atoms with E-state index in [0.29, 0.717) is 22.7 Å². The van der Waals surface area contributed by atoms with E-state index in [1.165, 1.54) is 31.7 Å². The lowest BCUT2D eigenvalue weighted by molar-refractivity contribution is -0.384. The van der Waals surface area contributed by atoms with Crippen LogP contribution in [0.4, 0.5) is 11.4 Å². The van der Waals surface area contributed by atoms with Gasteiger partial charge < -0.3 is 5.32 Å². The Kier molecular flexibility index (Phi) is 4.42. The second-order valence-electron chi connectivity index (χ2n) is 5.50. The topological polar surface area (TPSA) is 73.0 Å². The van der Waals surface area contributed by atoms with Gasteiger partial charge in [0.05, 0.1) is 23.2 Å². The molecule has 0 spiro atoms. The van der Waals surface area contributed by atoms with Crippen LogP contribution < -0.4 is 5.32 Å². The zero-order valence-corrected chi connectivity index (χ0v) is 13.6. The van der Waals surface area contributed by atoms with Gasteiger partial charge in [-0.3, -0.25) is 14.8 Å². The number of anilines is 1. The van der Waals surface area contributed by atoms with E-state index in [-0.39, 0.29) is 10.6 Å². The van der Waals surface area contributed by atoms with Crippen molar-refractivity contribution in [3.8, 4) is 0 Å². The van der Waals surface area contributed by atoms with Crippen LogP contribution in [0.25, 0.3) is 0 Å². The highest BCUT2D eigenvalue weighted by Gasteiger charge is 2.18. The minimum absolute atomic E-state index is 0.0598. The summed E-state index contributed by atoms with van der Waals surface area (Å²) in [4.78, 5) is 10.7. The van der Waals surface area contributed by atoms with Crippen LogP contribution in [0, 0.1) is 10.1 Å². The lowest BCUT2D eigenvalue weighted by atomic mass is 10.2. The Bertz CT molecular complexity index is 680. The summed E-state index contributed by atoms with van der Waals surface area (Å²) in [5.41, 5.74) is 1.46. The molecule has 0 radical (unpaired) electrons. The fourth-order valence-corrected chi connectivity index (χ4v) is 3.18. The van der Waals surface area contributed by atoms with Crippen LogP contribution in [0.15, 0.2) is 34.9 Å². The molecule has 0 unspecified atom stereocenters. The fraction of sp³-hybridized carbons (Fsp3) is 0.400. The van der Waals surface area contributed by atoms with Gasteiger partial charge in [0.1, 0.15) is 5.69 Å². The molecule has 116 valence electrons. The van der Waals surface area contributed by atoms with Crippen molar-refractivity contribution in [1.29, 1.82) is 0 Å². The molecule has 0 saturated heterocycles. The van der Waals surface area contributed by atoms with E-state index >= 15 is 0 Å². The number of nitro benzene ring substituents is 1. The average molecular weight is 365 g/mol. The van der Waals surface area contributed by atoms with Crippen molar-refractivity contribution in [3.63, 3.8) is 0 Å². The highest BCUT2D eigenvalue weighted by atomic mass is 79.9. The minimum Gasteiger partial charge on any atom is -0.374 e. The van der Waals surface area contributed by atoms with Crippen LogP contribution in [-0.4, -0.2) is 14.7 Å². The zero-order chi connectivity index (χ0) is 15.5. The summed E-state index contributed by atoms with van der Waals surface area (Å²) in [6, 6.07) is 7.47. The largest absolute Gasteiger partial charge is 0.374 e. The molecule has 6 nitrogen and oxygen atoms in total. The van der Waals surface area contributed by atoms with E-state index in [4.69, 9.17) is 0 Å². The van der Waals surface area contributed by atoms with Gasteiger partial charge in [0.2, 0.25) is 0 Å². The molecule has 7 heteroatoms. The van der Waals surface area contributed by atoms with Gasteiger partial charge in [-0.05, 0) is 31.0 Å². The predicted octanol–water partition coefficient (Wildman–Crippen LogP) is 4.28. The first kappa shape index (κ1) is 15.0. The summed E-state index contributed by atoms with van der Waals surface area (Å²) in [6.07, 6.45) is 6.91. The third-order valence-electron chi connectivity index (χ3n) is 3.98. The van der Waals surface area contributed by atoms with Crippen LogP contribution in [0.1, 0.15) is 37.4 Å². The van der Waals surface area contributed by atoms with E-state index in [9.17, 15) is 10.1 Å². The molecule has 1 aliphatic carbocycles. The number of nitro groups is 1. The maximum absolute atomic E-state index is 11.1. The number of nitrogens with zero attached hydrogens (tertiary/aromatic N) is 3. The molecule has 1 N–H and O–H groups in total. The van der Waals surface area contributed by atoms with Gasteiger partial charge in [-0.1, -0.05) is 28.8 Å². The average Bonchev–Trinajstić information content (AvgIpc) is 3.16. The molecule has 1 heterocycles. The number of halogens is 1. The molecule has 2 aromatic rings. The number of benzene rings is 1. The standard InChI is InChI=1S/C15H17BrN4O2/c16-11-5-6-14(15(9-11)20(21)22)17-10-12-7-8-19(18-12)13-3-1-2-4-13/h5-9,13,17H,1-4,10H2. The monoisotopic (exact) mass is 364 g/mol. The van der Waals surface area contributed by atoms with Crippen molar-refractivity contribution in [2.45, 2.75) is 38.3 Å². The summed E-state index contributed by atoms with van der Waals surface area (Å²) < 4.78 is 2.72. The molecule has 1 fully saturated rings. The Morgan fingerprint density at radius 1 is 1.36 bits per heavy atom. The molecule has 0 bridgehead atoms. The molecular weight excluding hydrogens is 348 g/mol. The summed E-state index contributed by atoms with van der Waals surface area (Å²) in [6.45, 7) is 0.474. The molecule has 3 rings (SSSR count). The van der Waals surface area contributed by atoms with Crippen LogP contribution in [0.3, 0.4) is 0 Å². The third kappa shape index (κ3) is 3.30. The van der Waals surface area contributed by atoms with E-state index in [1.807, 2.05) is 16.9 Å². The van der Waals surface area contributed by atoms with Gasteiger partial charge in [-0.15, -0.1) is 0 Å². The SMILES string of the molecule is O=[N+]([O-])c1cc(Br)ccc1NCc1ccn(C2CCCC2)n1. The van der Waals surface area contributed by atoms with E-state index in [1.54, 1.807) is 12.1 Å². The van der Waals surface area contributed by atoms with Crippen LogP contribution in [0.2, 0.25) is 0 Å². The second-order valence-corrected chi connectivity index (χ2v) is 6.41. The molecule has 1 saturated carbocycles. The number of hydrogen-bond donors (Lipinski definition) is 1. The molecule has 1 aromatic carbocycles. The van der Waals surface area contributed by atoms with E-state index in [2.05, 4.69) is 26.3 Å². The fourth-order valence-electron chi connectivity index (χ4n) is 2.83. The predicted molar refractivity (Wildman–Crippen MR) is 87.9 cm³/mol. The van der Waals surface area contributed by atoms with E-state index < -0.39 is 0 Å². The lowest BCUT2D eigenvalue weighted by Gasteiger charge is -2.09. The van der Waals surface area contributed by atoms with Crippen LogP contribution in [-0.2, 0) is 6.54 Å². The van der Waals surface area contributed by atoms with Crippen molar-refractivity contribution in [2.75, 3.05) is 5.32 Å². The quantitative estimate of drug-likeness (QED) is 0.634.